The number of hydrogen-bond donors (Lipinski definition) is 2. The van der Waals surface area contributed by atoms with E-state index in [9.17, 15) is 9.59 Å². The van der Waals surface area contributed by atoms with Crippen LogP contribution >= 0.6 is 0 Å². The SMILES string of the molecule is Cc1cc(NC(=O)CNC(=O)c2cccnc2)ccn1. The normalized spacial score (nSPS) is 9.85. The Hall–Kier alpha value is -2.76. The van der Waals surface area contributed by atoms with Gasteiger partial charge in [-0.25, -0.2) is 0 Å². The van der Waals surface area contributed by atoms with Crippen molar-refractivity contribution in [3.63, 3.8) is 0 Å². The maximum absolute atomic E-state index is 11.7. The van der Waals surface area contributed by atoms with Crippen LogP contribution in [0.3, 0.4) is 0 Å². The molecular weight excluding hydrogens is 256 g/mol. The molecule has 0 saturated carbocycles. The molecule has 102 valence electrons. The average molecular weight is 270 g/mol. The molecule has 2 amide bonds. The number of hydrogen-bond acceptors (Lipinski definition) is 4. The van der Waals surface area contributed by atoms with E-state index in [-0.39, 0.29) is 18.4 Å². The average Bonchev–Trinajstić information content (AvgIpc) is 2.46. The lowest BCUT2D eigenvalue weighted by molar-refractivity contribution is -0.115. The number of aromatic nitrogens is 2. The molecular formula is C14H14N4O2. The van der Waals surface area contributed by atoms with Crippen LogP contribution in [0.5, 0.6) is 0 Å². The van der Waals surface area contributed by atoms with Gasteiger partial charge in [-0.05, 0) is 31.2 Å². The molecule has 2 heterocycles. The first kappa shape index (κ1) is 13.7. The Morgan fingerprint density at radius 1 is 1.25 bits per heavy atom. The second-order valence-electron chi connectivity index (χ2n) is 4.16. The summed E-state index contributed by atoms with van der Waals surface area (Å²) >= 11 is 0. The number of aryl methyl sites for hydroxylation is 1. The summed E-state index contributed by atoms with van der Waals surface area (Å²) < 4.78 is 0. The standard InChI is InChI=1S/C14H14N4O2/c1-10-7-12(4-6-16-10)18-13(19)9-17-14(20)11-3-2-5-15-8-11/h2-8H,9H2,1H3,(H,17,20)(H,16,18,19). The third-order valence-electron chi connectivity index (χ3n) is 2.51. The van der Waals surface area contributed by atoms with E-state index in [1.165, 1.54) is 6.20 Å². The third kappa shape index (κ3) is 3.88. The first-order valence-corrected chi connectivity index (χ1v) is 6.06. The third-order valence-corrected chi connectivity index (χ3v) is 2.51. The largest absolute Gasteiger partial charge is 0.343 e. The van der Waals surface area contributed by atoms with Crippen molar-refractivity contribution in [2.24, 2.45) is 0 Å². The molecule has 0 saturated heterocycles. The first-order valence-electron chi connectivity index (χ1n) is 6.06. The fourth-order valence-electron chi connectivity index (χ4n) is 1.59. The summed E-state index contributed by atoms with van der Waals surface area (Å²) in [5, 5.41) is 5.21. The summed E-state index contributed by atoms with van der Waals surface area (Å²) in [7, 11) is 0. The number of carbonyl (C=O) groups excluding carboxylic acids is 2. The van der Waals surface area contributed by atoms with Crippen LogP contribution in [0, 0.1) is 6.92 Å². The van der Waals surface area contributed by atoms with E-state index in [2.05, 4.69) is 20.6 Å². The lowest BCUT2D eigenvalue weighted by Crippen LogP contribution is -2.32. The molecule has 0 aliphatic rings. The molecule has 0 bridgehead atoms. The maximum Gasteiger partial charge on any atom is 0.253 e. The highest BCUT2D eigenvalue weighted by molar-refractivity contribution is 5.99. The maximum atomic E-state index is 11.7. The number of carbonyl (C=O) groups is 2. The van der Waals surface area contributed by atoms with Gasteiger partial charge in [-0.1, -0.05) is 0 Å². The summed E-state index contributed by atoms with van der Waals surface area (Å²) in [5.74, 6) is -0.632. The Labute approximate surface area is 116 Å². The zero-order valence-corrected chi connectivity index (χ0v) is 11.0. The minimum atomic E-state index is -0.334. The minimum Gasteiger partial charge on any atom is -0.343 e. The Kier molecular flexibility index (Phi) is 4.39. The zero-order valence-electron chi connectivity index (χ0n) is 11.0. The molecule has 20 heavy (non-hydrogen) atoms. The highest BCUT2D eigenvalue weighted by Crippen LogP contribution is 2.06. The van der Waals surface area contributed by atoms with E-state index in [1.54, 1.807) is 36.7 Å². The van der Waals surface area contributed by atoms with E-state index >= 15 is 0 Å². The zero-order chi connectivity index (χ0) is 14.4. The molecule has 0 unspecified atom stereocenters. The minimum absolute atomic E-state index is 0.102. The van der Waals surface area contributed by atoms with Crippen LogP contribution in [0.1, 0.15) is 16.1 Å². The van der Waals surface area contributed by atoms with Crippen molar-refractivity contribution in [1.29, 1.82) is 0 Å². The van der Waals surface area contributed by atoms with E-state index < -0.39 is 0 Å². The molecule has 0 aromatic carbocycles. The molecule has 2 aromatic heterocycles. The van der Waals surface area contributed by atoms with Crippen molar-refractivity contribution in [3.05, 3.63) is 54.1 Å². The van der Waals surface area contributed by atoms with Gasteiger partial charge in [0, 0.05) is 30.0 Å². The topological polar surface area (TPSA) is 84.0 Å². The fraction of sp³-hybridized carbons (Fsp3) is 0.143. The number of pyridine rings is 2. The van der Waals surface area contributed by atoms with Crippen LogP contribution in [0.25, 0.3) is 0 Å². The number of rotatable bonds is 4. The van der Waals surface area contributed by atoms with Crippen molar-refractivity contribution in [2.45, 2.75) is 6.92 Å². The number of amides is 2. The summed E-state index contributed by atoms with van der Waals surface area (Å²) in [5.41, 5.74) is 1.88. The second-order valence-corrected chi connectivity index (χ2v) is 4.16. The van der Waals surface area contributed by atoms with Crippen molar-refractivity contribution < 1.29 is 9.59 Å². The van der Waals surface area contributed by atoms with Crippen molar-refractivity contribution >= 4 is 17.5 Å². The Morgan fingerprint density at radius 3 is 2.80 bits per heavy atom. The second kappa shape index (κ2) is 6.42. The smallest absolute Gasteiger partial charge is 0.253 e. The van der Waals surface area contributed by atoms with Crippen LogP contribution in [0.15, 0.2) is 42.9 Å². The summed E-state index contributed by atoms with van der Waals surface area (Å²) in [4.78, 5) is 31.3. The van der Waals surface area contributed by atoms with Crippen molar-refractivity contribution in [3.8, 4) is 0 Å². The van der Waals surface area contributed by atoms with Crippen molar-refractivity contribution in [1.82, 2.24) is 15.3 Å². The van der Waals surface area contributed by atoms with E-state index in [1.807, 2.05) is 6.92 Å². The van der Waals surface area contributed by atoms with Gasteiger partial charge in [0.2, 0.25) is 5.91 Å². The van der Waals surface area contributed by atoms with Gasteiger partial charge >= 0.3 is 0 Å². The molecule has 0 atom stereocenters. The highest BCUT2D eigenvalue weighted by atomic mass is 16.2. The predicted molar refractivity (Wildman–Crippen MR) is 74.2 cm³/mol. The number of nitrogens with zero attached hydrogens (tertiary/aromatic N) is 2. The number of anilines is 1. The van der Waals surface area contributed by atoms with Crippen LogP contribution in [-0.2, 0) is 4.79 Å². The summed E-state index contributed by atoms with van der Waals surface area (Å²) in [6, 6.07) is 6.73. The molecule has 0 radical (unpaired) electrons. The van der Waals surface area contributed by atoms with Gasteiger partial charge < -0.3 is 10.6 Å². The van der Waals surface area contributed by atoms with Crippen LogP contribution in [0.4, 0.5) is 5.69 Å². The first-order chi connectivity index (χ1) is 9.65. The molecule has 0 fully saturated rings. The Balaban J connectivity index is 1.85. The van der Waals surface area contributed by atoms with Gasteiger partial charge in [-0.15, -0.1) is 0 Å². The van der Waals surface area contributed by atoms with E-state index in [0.717, 1.165) is 5.69 Å². The van der Waals surface area contributed by atoms with Crippen LogP contribution < -0.4 is 10.6 Å². The molecule has 2 N–H and O–H groups in total. The summed E-state index contributed by atoms with van der Waals surface area (Å²) in [6.45, 7) is 1.73. The highest BCUT2D eigenvalue weighted by Gasteiger charge is 2.08. The lowest BCUT2D eigenvalue weighted by atomic mass is 10.2. The molecule has 0 aliphatic carbocycles. The number of nitrogens with one attached hydrogen (secondary N) is 2. The molecule has 0 aliphatic heterocycles. The molecule has 2 aromatic rings. The molecule has 0 spiro atoms. The Bertz CT molecular complexity index is 614. The van der Waals surface area contributed by atoms with Gasteiger partial charge in [0.15, 0.2) is 0 Å². The van der Waals surface area contributed by atoms with Gasteiger partial charge in [0.1, 0.15) is 0 Å². The van der Waals surface area contributed by atoms with Crippen LogP contribution in [0.2, 0.25) is 0 Å². The summed E-state index contributed by atoms with van der Waals surface area (Å²) in [6.07, 6.45) is 4.63. The fourth-order valence-corrected chi connectivity index (χ4v) is 1.59. The monoisotopic (exact) mass is 270 g/mol. The van der Waals surface area contributed by atoms with E-state index in [0.29, 0.717) is 11.3 Å². The van der Waals surface area contributed by atoms with Gasteiger partial charge in [-0.2, -0.15) is 0 Å². The Morgan fingerprint density at radius 2 is 2.10 bits per heavy atom. The predicted octanol–water partition coefficient (Wildman–Crippen LogP) is 1.15. The molecule has 6 heteroatoms. The van der Waals surface area contributed by atoms with Gasteiger partial charge in [-0.3, -0.25) is 19.6 Å². The van der Waals surface area contributed by atoms with Gasteiger partial charge in [0.25, 0.3) is 5.91 Å². The van der Waals surface area contributed by atoms with Gasteiger partial charge in [0.05, 0.1) is 12.1 Å². The van der Waals surface area contributed by atoms with Crippen LogP contribution in [-0.4, -0.2) is 28.3 Å². The lowest BCUT2D eigenvalue weighted by Gasteiger charge is -2.07. The molecule has 2 rings (SSSR count). The van der Waals surface area contributed by atoms with E-state index in [4.69, 9.17) is 0 Å². The molecule has 6 nitrogen and oxygen atoms in total. The quantitative estimate of drug-likeness (QED) is 0.873. The van der Waals surface area contributed by atoms with Crippen molar-refractivity contribution in [2.75, 3.05) is 11.9 Å².